The molecule has 2 aromatic carbocycles. The highest BCUT2D eigenvalue weighted by atomic mass is 19.1. The summed E-state index contributed by atoms with van der Waals surface area (Å²) in [5, 5.41) is 12.5. The molecule has 138 valence electrons. The predicted octanol–water partition coefficient (Wildman–Crippen LogP) is 2.22. The van der Waals surface area contributed by atoms with Crippen molar-refractivity contribution in [3.8, 4) is 0 Å². The molecule has 0 bridgehead atoms. The van der Waals surface area contributed by atoms with Crippen molar-refractivity contribution in [2.75, 3.05) is 38.1 Å². The Morgan fingerprint density at radius 3 is 2.50 bits per heavy atom. The van der Waals surface area contributed by atoms with Crippen molar-refractivity contribution in [1.82, 2.24) is 10.2 Å². The average molecular weight is 356 g/mol. The molecular formula is C20H25FN4O. The lowest BCUT2D eigenvalue weighted by Gasteiger charge is -2.37. The molecule has 3 rings (SSSR count). The molecule has 0 aliphatic carbocycles. The second-order valence-electron chi connectivity index (χ2n) is 6.29. The van der Waals surface area contributed by atoms with E-state index >= 15 is 0 Å². The normalized spacial score (nSPS) is 15.3. The van der Waals surface area contributed by atoms with Crippen LogP contribution in [0, 0.1) is 5.82 Å². The van der Waals surface area contributed by atoms with Gasteiger partial charge >= 0.3 is 0 Å². The highest BCUT2D eigenvalue weighted by Gasteiger charge is 2.19. The lowest BCUT2D eigenvalue weighted by molar-refractivity contribution is 0.275. The van der Waals surface area contributed by atoms with E-state index in [2.05, 4.69) is 44.4 Å². The van der Waals surface area contributed by atoms with Gasteiger partial charge in [-0.15, -0.1) is 0 Å². The largest absolute Gasteiger partial charge is 0.392 e. The van der Waals surface area contributed by atoms with Gasteiger partial charge in [0.1, 0.15) is 5.82 Å². The number of piperazine rings is 1. The van der Waals surface area contributed by atoms with Crippen LogP contribution in [0.1, 0.15) is 11.1 Å². The third kappa shape index (κ3) is 4.32. The lowest BCUT2D eigenvalue weighted by Crippen LogP contribution is -2.52. The maximum Gasteiger partial charge on any atom is 0.194 e. The van der Waals surface area contributed by atoms with Gasteiger partial charge in [-0.3, -0.25) is 4.99 Å². The van der Waals surface area contributed by atoms with Crippen LogP contribution >= 0.6 is 0 Å². The van der Waals surface area contributed by atoms with Crippen LogP contribution < -0.4 is 10.2 Å². The number of para-hydroxylation sites is 1. The first kappa shape index (κ1) is 18.2. The van der Waals surface area contributed by atoms with Crippen molar-refractivity contribution >= 4 is 11.6 Å². The molecule has 1 heterocycles. The van der Waals surface area contributed by atoms with Crippen molar-refractivity contribution in [2.45, 2.75) is 13.2 Å². The second-order valence-corrected chi connectivity index (χ2v) is 6.29. The maximum atomic E-state index is 13.5. The van der Waals surface area contributed by atoms with Gasteiger partial charge < -0.3 is 20.2 Å². The van der Waals surface area contributed by atoms with Gasteiger partial charge in [0, 0.05) is 51.0 Å². The number of halogens is 1. The van der Waals surface area contributed by atoms with Gasteiger partial charge in [0.05, 0.1) is 6.61 Å². The molecular weight excluding hydrogens is 331 g/mol. The van der Waals surface area contributed by atoms with Gasteiger partial charge in [-0.25, -0.2) is 4.39 Å². The van der Waals surface area contributed by atoms with Gasteiger partial charge in [-0.05, 0) is 29.8 Å². The number of aliphatic hydroxyl groups excluding tert-OH is 1. The number of nitrogens with one attached hydrogen (secondary N) is 1. The summed E-state index contributed by atoms with van der Waals surface area (Å²) < 4.78 is 13.5. The average Bonchev–Trinajstić information content (AvgIpc) is 2.70. The molecule has 0 radical (unpaired) electrons. The zero-order chi connectivity index (χ0) is 18.4. The number of hydrogen-bond acceptors (Lipinski definition) is 3. The number of anilines is 1. The zero-order valence-corrected chi connectivity index (χ0v) is 15.0. The standard InChI is InChI=1S/C20H25FN4O/c1-22-20(23-14-16-7-8-19(21)17(13-16)15-26)25-11-9-24(10-12-25)18-5-3-2-4-6-18/h2-8,13,26H,9-12,14-15H2,1H3,(H,22,23). The van der Waals surface area contributed by atoms with Crippen molar-refractivity contribution < 1.29 is 9.50 Å². The molecule has 0 unspecified atom stereocenters. The van der Waals surface area contributed by atoms with Crippen LogP contribution in [0.4, 0.5) is 10.1 Å². The Hall–Kier alpha value is -2.60. The molecule has 0 spiro atoms. The van der Waals surface area contributed by atoms with Crippen LogP contribution in [0.2, 0.25) is 0 Å². The molecule has 6 heteroatoms. The Labute approximate surface area is 153 Å². The first-order chi connectivity index (χ1) is 12.7. The van der Waals surface area contributed by atoms with E-state index in [4.69, 9.17) is 0 Å². The molecule has 2 N–H and O–H groups in total. The molecule has 0 amide bonds. The lowest BCUT2D eigenvalue weighted by atomic mass is 10.1. The van der Waals surface area contributed by atoms with E-state index in [-0.39, 0.29) is 12.4 Å². The predicted molar refractivity (Wildman–Crippen MR) is 103 cm³/mol. The van der Waals surface area contributed by atoms with Crippen molar-refractivity contribution in [3.63, 3.8) is 0 Å². The van der Waals surface area contributed by atoms with Crippen LogP contribution in [0.15, 0.2) is 53.5 Å². The highest BCUT2D eigenvalue weighted by Crippen LogP contribution is 2.16. The van der Waals surface area contributed by atoms with E-state index in [1.54, 1.807) is 19.2 Å². The topological polar surface area (TPSA) is 51.1 Å². The van der Waals surface area contributed by atoms with Gasteiger partial charge in [0.25, 0.3) is 0 Å². The van der Waals surface area contributed by atoms with E-state index in [1.807, 2.05) is 6.07 Å². The summed E-state index contributed by atoms with van der Waals surface area (Å²) in [5.41, 5.74) is 2.48. The third-order valence-corrected chi connectivity index (χ3v) is 4.64. The number of benzene rings is 2. The fraction of sp³-hybridized carbons (Fsp3) is 0.350. The van der Waals surface area contributed by atoms with E-state index in [9.17, 15) is 9.50 Å². The molecule has 2 aromatic rings. The van der Waals surface area contributed by atoms with Crippen LogP contribution in [0.5, 0.6) is 0 Å². The Kier molecular flexibility index (Phi) is 6.07. The Bertz CT molecular complexity index is 743. The first-order valence-corrected chi connectivity index (χ1v) is 8.85. The fourth-order valence-corrected chi connectivity index (χ4v) is 3.19. The third-order valence-electron chi connectivity index (χ3n) is 4.64. The summed E-state index contributed by atoms with van der Waals surface area (Å²) in [7, 11) is 1.77. The smallest absolute Gasteiger partial charge is 0.194 e. The van der Waals surface area contributed by atoms with Gasteiger partial charge in [-0.2, -0.15) is 0 Å². The Morgan fingerprint density at radius 2 is 1.85 bits per heavy atom. The molecule has 0 saturated carbocycles. The summed E-state index contributed by atoms with van der Waals surface area (Å²) in [5.74, 6) is 0.463. The van der Waals surface area contributed by atoms with Gasteiger partial charge in [0.15, 0.2) is 5.96 Å². The monoisotopic (exact) mass is 356 g/mol. The van der Waals surface area contributed by atoms with Gasteiger partial charge in [0.2, 0.25) is 0 Å². The number of rotatable bonds is 4. The van der Waals surface area contributed by atoms with Crippen molar-refractivity contribution in [3.05, 3.63) is 65.5 Å². The van der Waals surface area contributed by atoms with Crippen molar-refractivity contribution in [2.24, 2.45) is 4.99 Å². The Morgan fingerprint density at radius 1 is 1.12 bits per heavy atom. The van der Waals surface area contributed by atoms with E-state index in [0.717, 1.165) is 37.7 Å². The van der Waals surface area contributed by atoms with E-state index in [0.29, 0.717) is 12.1 Å². The highest BCUT2D eigenvalue weighted by molar-refractivity contribution is 5.80. The number of aliphatic hydroxyl groups is 1. The summed E-state index contributed by atoms with van der Waals surface area (Å²) in [4.78, 5) is 8.98. The van der Waals surface area contributed by atoms with Crippen LogP contribution in [0.3, 0.4) is 0 Å². The van der Waals surface area contributed by atoms with Gasteiger partial charge in [-0.1, -0.05) is 24.3 Å². The SMILES string of the molecule is CN=C(NCc1ccc(F)c(CO)c1)N1CCN(c2ccccc2)CC1. The summed E-state index contributed by atoms with van der Waals surface area (Å²) >= 11 is 0. The van der Waals surface area contributed by atoms with Crippen LogP contribution in [-0.2, 0) is 13.2 Å². The van der Waals surface area contributed by atoms with Crippen LogP contribution in [0.25, 0.3) is 0 Å². The zero-order valence-electron chi connectivity index (χ0n) is 15.0. The molecule has 5 nitrogen and oxygen atoms in total. The van der Waals surface area contributed by atoms with Crippen LogP contribution in [-0.4, -0.2) is 49.2 Å². The number of aliphatic imine (C=N–C) groups is 1. The summed E-state index contributed by atoms with van der Waals surface area (Å²) in [6.45, 7) is 3.90. The van der Waals surface area contributed by atoms with E-state index < -0.39 is 0 Å². The minimum atomic E-state index is -0.377. The molecule has 0 atom stereocenters. The molecule has 1 fully saturated rings. The second kappa shape index (κ2) is 8.67. The number of nitrogens with zero attached hydrogens (tertiary/aromatic N) is 3. The maximum absolute atomic E-state index is 13.5. The molecule has 1 aliphatic heterocycles. The number of guanidine groups is 1. The first-order valence-electron chi connectivity index (χ1n) is 8.85. The molecule has 1 aliphatic rings. The summed E-state index contributed by atoms with van der Waals surface area (Å²) in [6, 6.07) is 15.2. The molecule has 26 heavy (non-hydrogen) atoms. The van der Waals surface area contributed by atoms with E-state index in [1.165, 1.54) is 11.8 Å². The minimum absolute atomic E-state index is 0.296. The summed E-state index contributed by atoms with van der Waals surface area (Å²) in [6.07, 6.45) is 0. The minimum Gasteiger partial charge on any atom is -0.392 e. The molecule has 1 saturated heterocycles. The molecule has 0 aromatic heterocycles. The van der Waals surface area contributed by atoms with Crippen molar-refractivity contribution in [1.29, 1.82) is 0 Å². The fourth-order valence-electron chi connectivity index (χ4n) is 3.19. The Balaban J connectivity index is 1.55. The quantitative estimate of drug-likeness (QED) is 0.652. The number of hydrogen-bond donors (Lipinski definition) is 2.